The molecular weight excluding hydrogens is 263 g/mol. The van der Waals surface area contributed by atoms with Crippen molar-refractivity contribution in [3.63, 3.8) is 0 Å². The number of carbonyl (C=O) groups is 2. The molecule has 0 atom stereocenters. The molecule has 0 bridgehead atoms. The molecule has 0 saturated carbocycles. The molecule has 0 aromatic heterocycles. The van der Waals surface area contributed by atoms with Gasteiger partial charge in [0.25, 0.3) is 5.91 Å². The number of phenols is 1. The third-order valence-electron chi connectivity index (χ3n) is 3.38. The van der Waals surface area contributed by atoms with Crippen molar-refractivity contribution in [3.8, 4) is 5.75 Å². The lowest BCUT2D eigenvalue weighted by Crippen LogP contribution is -2.40. The molecule has 5 nitrogen and oxygen atoms in total. The number of carbonyl (C=O) groups excluding carboxylic acids is 2. The Morgan fingerprint density at radius 2 is 2.00 bits per heavy atom. The van der Waals surface area contributed by atoms with E-state index < -0.39 is 23.0 Å². The summed E-state index contributed by atoms with van der Waals surface area (Å²) in [6, 6.07) is 3.66. The SMILES string of the molecule is CN(CC(=O)N1CCCC1)C(=O)c1c(O)cccc1F. The topological polar surface area (TPSA) is 60.9 Å². The van der Waals surface area contributed by atoms with E-state index in [4.69, 9.17) is 0 Å². The summed E-state index contributed by atoms with van der Waals surface area (Å²) in [5.41, 5.74) is -0.399. The normalized spacial score (nSPS) is 14.4. The van der Waals surface area contributed by atoms with E-state index in [2.05, 4.69) is 0 Å². The van der Waals surface area contributed by atoms with E-state index in [-0.39, 0.29) is 12.5 Å². The highest BCUT2D eigenvalue weighted by Crippen LogP contribution is 2.21. The minimum absolute atomic E-state index is 0.118. The van der Waals surface area contributed by atoms with Gasteiger partial charge < -0.3 is 14.9 Å². The van der Waals surface area contributed by atoms with Crippen LogP contribution in [0.1, 0.15) is 23.2 Å². The maximum Gasteiger partial charge on any atom is 0.260 e. The van der Waals surface area contributed by atoms with Crippen LogP contribution in [0.25, 0.3) is 0 Å². The van der Waals surface area contributed by atoms with Gasteiger partial charge in [0.1, 0.15) is 17.1 Å². The lowest BCUT2D eigenvalue weighted by Gasteiger charge is -2.21. The first kappa shape index (κ1) is 14.3. The summed E-state index contributed by atoms with van der Waals surface area (Å²) in [7, 11) is 1.42. The van der Waals surface area contributed by atoms with Gasteiger partial charge in [0.05, 0.1) is 6.54 Å². The Balaban J connectivity index is 2.07. The predicted octanol–water partition coefficient (Wildman–Crippen LogP) is 1.23. The quantitative estimate of drug-likeness (QED) is 0.905. The summed E-state index contributed by atoms with van der Waals surface area (Å²) >= 11 is 0. The van der Waals surface area contributed by atoms with Gasteiger partial charge in [0, 0.05) is 20.1 Å². The molecule has 1 heterocycles. The Labute approximate surface area is 116 Å². The monoisotopic (exact) mass is 280 g/mol. The minimum Gasteiger partial charge on any atom is -0.507 e. The largest absolute Gasteiger partial charge is 0.507 e. The molecule has 0 spiro atoms. The average Bonchev–Trinajstić information content (AvgIpc) is 2.92. The van der Waals surface area contributed by atoms with Gasteiger partial charge in [-0.15, -0.1) is 0 Å². The number of benzene rings is 1. The van der Waals surface area contributed by atoms with Gasteiger partial charge in [-0.2, -0.15) is 0 Å². The number of hydrogen-bond donors (Lipinski definition) is 1. The Hall–Kier alpha value is -2.11. The summed E-state index contributed by atoms with van der Waals surface area (Å²) < 4.78 is 13.6. The molecule has 1 saturated heterocycles. The fraction of sp³-hybridized carbons (Fsp3) is 0.429. The Morgan fingerprint density at radius 3 is 2.60 bits per heavy atom. The Bertz CT molecular complexity index is 507. The molecule has 0 unspecified atom stereocenters. The van der Waals surface area contributed by atoms with Crippen molar-refractivity contribution in [2.24, 2.45) is 0 Å². The van der Waals surface area contributed by atoms with E-state index in [0.717, 1.165) is 23.8 Å². The number of aromatic hydroxyl groups is 1. The minimum atomic E-state index is -0.796. The van der Waals surface area contributed by atoms with Gasteiger partial charge in [-0.1, -0.05) is 6.07 Å². The molecule has 1 aromatic rings. The zero-order chi connectivity index (χ0) is 14.7. The van der Waals surface area contributed by atoms with Gasteiger partial charge >= 0.3 is 0 Å². The molecule has 2 rings (SSSR count). The highest BCUT2D eigenvalue weighted by molar-refractivity contribution is 5.98. The van der Waals surface area contributed by atoms with Crippen molar-refractivity contribution in [1.29, 1.82) is 0 Å². The molecule has 1 aliphatic heterocycles. The number of likely N-dealkylation sites (N-methyl/N-ethyl adjacent to an activating group) is 1. The molecule has 0 radical (unpaired) electrons. The van der Waals surface area contributed by atoms with Gasteiger partial charge in [0.15, 0.2) is 0 Å². The van der Waals surface area contributed by atoms with Crippen LogP contribution in [0, 0.1) is 5.82 Å². The van der Waals surface area contributed by atoms with Crippen LogP contribution < -0.4 is 0 Å². The smallest absolute Gasteiger partial charge is 0.260 e. The third kappa shape index (κ3) is 2.89. The second-order valence-electron chi connectivity index (χ2n) is 4.88. The van der Waals surface area contributed by atoms with E-state index in [1.807, 2.05) is 0 Å². The van der Waals surface area contributed by atoms with E-state index >= 15 is 0 Å². The number of phenolic OH excluding ortho intramolecular Hbond substituents is 1. The van der Waals surface area contributed by atoms with Gasteiger partial charge in [-0.3, -0.25) is 9.59 Å². The van der Waals surface area contributed by atoms with E-state index in [0.29, 0.717) is 13.1 Å². The molecule has 1 aromatic carbocycles. The fourth-order valence-corrected chi connectivity index (χ4v) is 2.26. The van der Waals surface area contributed by atoms with Crippen LogP contribution in [0.4, 0.5) is 4.39 Å². The van der Waals surface area contributed by atoms with Crippen LogP contribution in [0.15, 0.2) is 18.2 Å². The van der Waals surface area contributed by atoms with Crippen LogP contribution in [-0.2, 0) is 4.79 Å². The maximum absolute atomic E-state index is 13.6. The van der Waals surface area contributed by atoms with Gasteiger partial charge in [-0.05, 0) is 25.0 Å². The van der Waals surface area contributed by atoms with Crippen LogP contribution in [0.5, 0.6) is 5.75 Å². The highest BCUT2D eigenvalue weighted by atomic mass is 19.1. The molecule has 108 valence electrons. The lowest BCUT2D eigenvalue weighted by atomic mass is 10.1. The third-order valence-corrected chi connectivity index (χ3v) is 3.38. The first-order chi connectivity index (χ1) is 9.50. The number of hydrogen-bond acceptors (Lipinski definition) is 3. The number of amides is 2. The summed E-state index contributed by atoms with van der Waals surface area (Å²) in [5, 5.41) is 9.57. The maximum atomic E-state index is 13.6. The van der Waals surface area contributed by atoms with Crippen molar-refractivity contribution in [1.82, 2.24) is 9.80 Å². The van der Waals surface area contributed by atoms with Gasteiger partial charge in [-0.25, -0.2) is 4.39 Å². The molecular formula is C14H17FN2O3. The first-order valence-corrected chi connectivity index (χ1v) is 6.51. The number of nitrogens with zero attached hydrogens (tertiary/aromatic N) is 2. The van der Waals surface area contributed by atoms with E-state index in [1.54, 1.807) is 4.90 Å². The van der Waals surface area contributed by atoms with Crippen molar-refractivity contribution >= 4 is 11.8 Å². The first-order valence-electron chi connectivity index (χ1n) is 6.51. The van der Waals surface area contributed by atoms with Crippen LogP contribution >= 0.6 is 0 Å². The van der Waals surface area contributed by atoms with Crippen molar-refractivity contribution < 1.29 is 19.1 Å². The van der Waals surface area contributed by atoms with E-state index in [1.165, 1.54) is 19.2 Å². The zero-order valence-corrected chi connectivity index (χ0v) is 11.3. The predicted molar refractivity (Wildman–Crippen MR) is 70.8 cm³/mol. The van der Waals surface area contributed by atoms with Crippen molar-refractivity contribution in [2.45, 2.75) is 12.8 Å². The Morgan fingerprint density at radius 1 is 1.35 bits per heavy atom. The number of halogens is 1. The van der Waals surface area contributed by atoms with Crippen LogP contribution in [0.2, 0.25) is 0 Å². The summed E-state index contributed by atoms with van der Waals surface area (Å²) in [5.74, 6) is -2.08. The van der Waals surface area contributed by atoms with Crippen LogP contribution in [0.3, 0.4) is 0 Å². The zero-order valence-electron chi connectivity index (χ0n) is 11.3. The molecule has 2 amide bonds. The molecule has 6 heteroatoms. The molecule has 1 aliphatic rings. The Kier molecular flexibility index (Phi) is 4.22. The number of rotatable bonds is 3. The average molecular weight is 280 g/mol. The lowest BCUT2D eigenvalue weighted by molar-refractivity contribution is -0.130. The summed E-state index contributed by atoms with van der Waals surface area (Å²) in [6.07, 6.45) is 1.94. The second kappa shape index (κ2) is 5.90. The van der Waals surface area contributed by atoms with Crippen LogP contribution in [-0.4, -0.2) is 53.4 Å². The highest BCUT2D eigenvalue weighted by Gasteiger charge is 2.24. The molecule has 1 N–H and O–H groups in total. The second-order valence-corrected chi connectivity index (χ2v) is 4.88. The van der Waals surface area contributed by atoms with Crippen molar-refractivity contribution in [3.05, 3.63) is 29.6 Å². The molecule has 20 heavy (non-hydrogen) atoms. The van der Waals surface area contributed by atoms with Gasteiger partial charge in [0.2, 0.25) is 5.91 Å². The standard InChI is InChI=1S/C14H17FN2O3/c1-16(9-12(19)17-7-2-3-8-17)14(20)13-10(15)5-4-6-11(13)18/h4-6,18H,2-3,7-9H2,1H3. The summed E-state index contributed by atoms with van der Waals surface area (Å²) in [6.45, 7) is 1.28. The fourth-order valence-electron chi connectivity index (χ4n) is 2.26. The molecule has 1 fully saturated rings. The summed E-state index contributed by atoms with van der Waals surface area (Å²) in [4.78, 5) is 26.8. The molecule has 0 aliphatic carbocycles. The van der Waals surface area contributed by atoms with Crippen molar-refractivity contribution in [2.75, 3.05) is 26.7 Å². The van der Waals surface area contributed by atoms with E-state index in [9.17, 15) is 19.1 Å². The number of likely N-dealkylation sites (tertiary alicyclic amines) is 1.